The van der Waals surface area contributed by atoms with Gasteiger partial charge in [-0.25, -0.2) is 13.2 Å². The van der Waals surface area contributed by atoms with Crippen LogP contribution < -0.4 is 5.32 Å². The highest BCUT2D eigenvalue weighted by Gasteiger charge is 2.15. The maximum Gasteiger partial charge on any atom is 0.146 e. The minimum atomic E-state index is -0.599. The number of anilines is 1. The van der Waals surface area contributed by atoms with Crippen molar-refractivity contribution in [3.63, 3.8) is 0 Å². The van der Waals surface area contributed by atoms with Crippen LogP contribution >= 0.6 is 11.6 Å². The first-order valence-corrected chi connectivity index (χ1v) is 6.43. The van der Waals surface area contributed by atoms with Gasteiger partial charge >= 0.3 is 0 Å². The average molecular weight is 300 g/mol. The van der Waals surface area contributed by atoms with E-state index in [-0.39, 0.29) is 16.8 Å². The molecule has 0 spiro atoms. The Balaban J connectivity index is 2.30. The van der Waals surface area contributed by atoms with E-state index in [9.17, 15) is 13.2 Å². The molecule has 0 saturated carbocycles. The average Bonchev–Trinajstić information content (AvgIpc) is 2.38. The molecule has 0 amide bonds. The molecule has 2 rings (SSSR count). The van der Waals surface area contributed by atoms with E-state index >= 15 is 0 Å². The number of aryl methyl sites for hydroxylation is 1. The molecule has 1 nitrogen and oxygen atoms in total. The van der Waals surface area contributed by atoms with Gasteiger partial charge in [0.1, 0.15) is 17.5 Å². The van der Waals surface area contributed by atoms with Crippen LogP contribution in [0.5, 0.6) is 0 Å². The van der Waals surface area contributed by atoms with E-state index in [0.29, 0.717) is 5.02 Å². The van der Waals surface area contributed by atoms with Crippen molar-refractivity contribution >= 4 is 17.3 Å². The molecule has 0 aliphatic rings. The molecular weight excluding hydrogens is 287 g/mol. The minimum Gasteiger partial charge on any atom is -0.376 e. The summed E-state index contributed by atoms with van der Waals surface area (Å²) in [7, 11) is 0. The fraction of sp³-hybridized carbons (Fsp3) is 0.200. The maximum absolute atomic E-state index is 13.8. The molecule has 0 fully saturated rings. The molecule has 1 atom stereocenters. The molecule has 0 saturated heterocycles. The van der Waals surface area contributed by atoms with Gasteiger partial charge in [0.15, 0.2) is 0 Å². The minimum absolute atomic E-state index is 0.132. The number of rotatable bonds is 3. The molecule has 0 aromatic heterocycles. The van der Waals surface area contributed by atoms with Crippen molar-refractivity contribution in [3.05, 3.63) is 63.9 Å². The third-order valence-corrected chi connectivity index (χ3v) is 3.28. The Kier molecular flexibility index (Phi) is 4.23. The zero-order chi connectivity index (χ0) is 14.9. The molecule has 0 heterocycles. The van der Waals surface area contributed by atoms with Gasteiger partial charge in [-0.05, 0) is 49.7 Å². The molecule has 0 aliphatic carbocycles. The normalized spacial score (nSPS) is 12.3. The fourth-order valence-corrected chi connectivity index (χ4v) is 2.08. The Bertz CT molecular complexity index is 643. The lowest BCUT2D eigenvalue weighted by Crippen LogP contribution is -2.10. The van der Waals surface area contributed by atoms with Crippen molar-refractivity contribution in [2.24, 2.45) is 0 Å². The third-order valence-electron chi connectivity index (χ3n) is 3.04. The van der Waals surface area contributed by atoms with Crippen LogP contribution in [0.3, 0.4) is 0 Å². The summed E-state index contributed by atoms with van der Waals surface area (Å²) < 4.78 is 40.9. The fourth-order valence-electron chi connectivity index (χ4n) is 1.91. The van der Waals surface area contributed by atoms with E-state index in [0.717, 1.165) is 12.1 Å². The monoisotopic (exact) mass is 299 g/mol. The first-order chi connectivity index (χ1) is 9.38. The largest absolute Gasteiger partial charge is 0.376 e. The lowest BCUT2D eigenvalue weighted by atomic mass is 10.0. The summed E-state index contributed by atoms with van der Waals surface area (Å²) in [5.74, 6) is -1.54. The van der Waals surface area contributed by atoms with E-state index in [1.54, 1.807) is 6.92 Å². The van der Waals surface area contributed by atoms with E-state index in [1.165, 1.54) is 25.1 Å². The highest BCUT2D eigenvalue weighted by Crippen LogP contribution is 2.27. The first-order valence-electron chi connectivity index (χ1n) is 6.05. The van der Waals surface area contributed by atoms with Gasteiger partial charge in [0.05, 0.1) is 11.7 Å². The number of halogens is 4. The summed E-state index contributed by atoms with van der Waals surface area (Å²) in [6.07, 6.45) is 0. The van der Waals surface area contributed by atoms with E-state index in [4.69, 9.17) is 11.6 Å². The second kappa shape index (κ2) is 5.75. The van der Waals surface area contributed by atoms with Gasteiger partial charge in [-0.2, -0.15) is 0 Å². The highest BCUT2D eigenvalue weighted by molar-refractivity contribution is 6.30. The van der Waals surface area contributed by atoms with Crippen molar-refractivity contribution < 1.29 is 13.2 Å². The van der Waals surface area contributed by atoms with Crippen molar-refractivity contribution in [3.8, 4) is 0 Å². The van der Waals surface area contributed by atoms with Gasteiger partial charge < -0.3 is 5.32 Å². The molecular formula is C15H13ClF3N. The Labute approximate surface area is 120 Å². The molecule has 1 unspecified atom stereocenters. The molecule has 0 aliphatic heterocycles. The van der Waals surface area contributed by atoms with Gasteiger partial charge in [-0.1, -0.05) is 11.6 Å². The maximum atomic E-state index is 13.8. The Hall–Kier alpha value is -1.68. The second-order valence-electron chi connectivity index (χ2n) is 4.61. The number of nitrogens with one attached hydrogen (secondary N) is 1. The summed E-state index contributed by atoms with van der Waals surface area (Å²) in [5.41, 5.74) is 0.505. The predicted octanol–water partition coefficient (Wildman–Crippen LogP) is 5.24. The quantitative estimate of drug-likeness (QED) is 0.817. The summed E-state index contributed by atoms with van der Waals surface area (Å²) in [6.45, 7) is 3.10. The SMILES string of the molecule is Cc1cc(F)c(C(C)Nc2cc(Cl)ccc2F)cc1F. The molecule has 2 aromatic rings. The summed E-state index contributed by atoms with van der Waals surface area (Å²) in [6, 6.07) is 5.67. The van der Waals surface area contributed by atoms with E-state index in [1.807, 2.05) is 0 Å². The highest BCUT2D eigenvalue weighted by atomic mass is 35.5. The van der Waals surface area contributed by atoms with Crippen LogP contribution in [0, 0.1) is 24.4 Å². The van der Waals surface area contributed by atoms with Crippen LogP contribution in [0.2, 0.25) is 5.02 Å². The second-order valence-corrected chi connectivity index (χ2v) is 5.05. The molecule has 0 radical (unpaired) electrons. The lowest BCUT2D eigenvalue weighted by Gasteiger charge is -2.17. The standard InChI is InChI=1S/C15H13ClF3N/c1-8-5-14(19)11(7-13(8)18)9(2)20-15-6-10(16)3-4-12(15)17/h3-7,9,20H,1-2H3. The van der Waals surface area contributed by atoms with E-state index in [2.05, 4.69) is 5.32 Å². The van der Waals surface area contributed by atoms with Crippen molar-refractivity contribution in [2.75, 3.05) is 5.32 Å². The first kappa shape index (κ1) is 14.7. The van der Waals surface area contributed by atoms with Crippen LogP contribution in [0.15, 0.2) is 30.3 Å². The molecule has 0 bridgehead atoms. The summed E-state index contributed by atoms with van der Waals surface area (Å²) in [5, 5.41) is 3.15. The zero-order valence-electron chi connectivity index (χ0n) is 11.0. The van der Waals surface area contributed by atoms with Crippen LogP contribution in [-0.4, -0.2) is 0 Å². The predicted molar refractivity (Wildman–Crippen MR) is 74.5 cm³/mol. The molecule has 1 N–H and O–H groups in total. The topological polar surface area (TPSA) is 12.0 Å². The third kappa shape index (κ3) is 3.07. The number of benzene rings is 2. The molecule has 106 valence electrons. The van der Waals surface area contributed by atoms with Gasteiger partial charge in [-0.3, -0.25) is 0 Å². The smallest absolute Gasteiger partial charge is 0.146 e. The van der Waals surface area contributed by atoms with Gasteiger partial charge in [0, 0.05) is 10.6 Å². The molecule has 20 heavy (non-hydrogen) atoms. The van der Waals surface area contributed by atoms with Crippen molar-refractivity contribution in [1.82, 2.24) is 0 Å². The zero-order valence-corrected chi connectivity index (χ0v) is 11.7. The van der Waals surface area contributed by atoms with Crippen molar-refractivity contribution in [1.29, 1.82) is 0 Å². The Morgan fingerprint density at radius 1 is 1.00 bits per heavy atom. The number of hydrogen-bond acceptors (Lipinski definition) is 1. The summed E-state index contributed by atoms with van der Waals surface area (Å²) in [4.78, 5) is 0. The Morgan fingerprint density at radius 3 is 2.40 bits per heavy atom. The van der Waals surface area contributed by atoms with Crippen LogP contribution in [0.1, 0.15) is 24.1 Å². The van der Waals surface area contributed by atoms with Crippen LogP contribution in [0.25, 0.3) is 0 Å². The van der Waals surface area contributed by atoms with Crippen LogP contribution in [-0.2, 0) is 0 Å². The van der Waals surface area contributed by atoms with Gasteiger partial charge in [0.2, 0.25) is 0 Å². The molecule has 5 heteroatoms. The van der Waals surface area contributed by atoms with Crippen molar-refractivity contribution in [2.45, 2.75) is 19.9 Å². The lowest BCUT2D eigenvalue weighted by molar-refractivity contribution is 0.569. The van der Waals surface area contributed by atoms with Gasteiger partial charge in [0.25, 0.3) is 0 Å². The number of hydrogen-bond donors (Lipinski definition) is 1. The Morgan fingerprint density at radius 2 is 1.70 bits per heavy atom. The van der Waals surface area contributed by atoms with Crippen LogP contribution in [0.4, 0.5) is 18.9 Å². The van der Waals surface area contributed by atoms with Gasteiger partial charge in [-0.15, -0.1) is 0 Å². The molecule has 2 aromatic carbocycles. The summed E-state index contributed by atoms with van der Waals surface area (Å²) >= 11 is 5.78. The van der Waals surface area contributed by atoms with E-state index < -0.39 is 23.5 Å².